The van der Waals surface area contributed by atoms with Crippen molar-refractivity contribution in [3.63, 3.8) is 0 Å². The summed E-state index contributed by atoms with van der Waals surface area (Å²) >= 11 is 0. The van der Waals surface area contributed by atoms with E-state index in [4.69, 9.17) is 4.74 Å². The Hall–Kier alpha value is -0.860. The Balaban J connectivity index is 2.44. The molecule has 108 valence electrons. The van der Waals surface area contributed by atoms with Crippen molar-refractivity contribution in [3.8, 4) is 0 Å². The first-order valence-electron chi connectivity index (χ1n) is 7.49. The fourth-order valence-electron chi connectivity index (χ4n) is 2.40. The normalized spacial score (nSPS) is 14.3. The van der Waals surface area contributed by atoms with Gasteiger partial charge in [0.25, 0.3) is 0 Å². The van der Waals surface area contributed by atoms with Gasteiger partial charge in [0.05, 0.1) is 6.61 Å². The van der Waals surface area contributed by atoms with Gasteiger partial charge in [0.1, 0.15) is 0 Å². The lowest BCUT2D eigenvalue weighted by Crippen LogP contribution is -2.28. The van der Waals surface area contributed by atoms with Crippen molar-refractivity contribution in [2.75, 3.05) is 26.8 Å². The molecule has 1 aromatic rings. The molecule has 2 nitrogen and oxygen atoms in total. The summed E-state index contributed by atoms with van der Waals surface area (Å²) in [5.41, 5.74) is 1.45. The van der Waals surface area contributed by atoms with Crippen molar-refractivity contribution in [2.24, 2.45) is 11.8 Å². The molecule has 0 amide bonds. The molecule has 0 aromatic heterocycles. The average molecular weight is 263 g/mol. The van der Waals surface area contributed by atoms with Crippen molar-refractivity contribution in [3.05, 3.63) is 35.9 Å². The summed E-state index contributed by atoms with van der Waals surface area (Å²) < 4.78 is 5.08. The van der Waals surface area contributed by atoms with Gasteiger partial charge in [0, 0.05) is 13.7 Å². The summed E-state index contributed by atoms with van der Waals surface area (Å²) in [7, 11) is 1.75. The van der Waals surface area contributed by atoms with E-state index >= 15 is 0 Å². The summed E-state index contributed by atoms with van der Waals surface area (Å²) in [6.07, 6.45) is 3.74. The number of hydrogen-bond donors (Lipinski definition) is 1. The predicted octanol–water partition coefficient (Wildman–Crippen LogP) is 3.52. The highest BCUT2D eigenvalue weighted by molar-refractivity contribution is 5.15. The molecule has 0 spiro atoms. The number of rotatable bonds is 10. The van der Waals surface area contributed by atoms with E-state index in [-0.39, 0.29) is 0 Å². The van der Waals surface area contributed by atoms with Gasteiger partial charge in [-0.15, -0.1) is 0 Å². The molecule has 1 N–H and O–H groups in total. The molecular formula is C17H29NO. The largest absolute Gasteiger partial charge is 0.383 e. The monoisotopic (exact) mass is 263 g/mol. The molecule has 0 saturated carbocycles. The van der Waals surface area contributed by atoms with Crippen molar-refractivity contribution >= 4 is 0 Å². The Bertz CT molecular complexity index is 312. The van der Waals surface area contributed by atoms with E-state index in [1.807, 2.05) is 0 Å². The molecule has 0 radical (unpaired) electrons. The number of benzene rings is 1. The van der Waals surface area contributed by atoms with Crippen LogP contribution in [0.1, 0.15) is 32.3 Å². The Morgan fingerprint density at radius 3 is 2.58 bits per heavy atom. The van der Waals surface area contributed by atoms with Crippen LogP contribution in [0.3, 0.4) is 0 Å². The van der Waals surface area contributed by atoms with E-state index in [1.165, 1.54) is 24.8 Å². The fourth-order valence-corrected chi connectivity index (χ4v) is 2.40. The Morgan fingerprint density at radius 2 is 1.95 bits per heavy atom. The number of ether oxygens (including phenoxy) is 1. The van der Waals surface area contributed by atoms with Crippen molar-refractivity contribution in [2.45, 2.75) is 33.1 Å². The molecule has 0 aliphatic rings. The zero-order valence-corrected chi connectivity index (χ0v) is 12.7. The first-order valence-corrected chi connectivity index (χ1v) is 7.49. The lowest BCUT2D eigenvalue weighted by molar-refractivity contribution is 0.196. The van der Waals surface area contributed by atoms with Gasteiger partial charge < -0.3 is 10.1 Å². The molecule has 0 fully saturated rings. The van der Waals surface area contributed by atoms with Gasteiger partial charge in [-0.2, -0.15) is 0 Å². The topological polar surface area (TPSA) is 21.3 Å². The van der Waals surface area contributed by atoms with Gasteiger partial charge in [0.15, 0.2) is 0 Å². The summed E-state index contributed by atoms with van der Waals surface area (Å²) in [6.45, 7) is 7.46. The molecule has 2 heteroatoms. The smallest absolute Gasteiger partial charge is 0.0587 e. The number of hydrogen-bond acceptors (Lipinski definition) is 2. The molecule has 2 atom stereocenters. The highest BCUT2D eigenvalue weighted by atomic mass is 16.5. The van der Waals surface area contributed by atoms with Crippen LogP contribution in [0.5, 0.6) is 0 Å². The van der Waals surface area contributed by atoms with E-state index in [0.717, 1.165) is 25.6 Å². The molecular weight excluding hydrogens is 234 g/mol. The zero-order chi connectivity index (χ0) is 13.9. The van der Waals surface area contributed by atoms with Crippen LogP contribution in [0.2, 0.25) is 0 Å². The second-order valence-corrected chi connectivity index (χ2v) is 5.50. The van der Waals surface area contributed by atoms with Crippen LogP contribution in [0, 0.1) is 11.8 Å². The van der Waals surface area contributed by atoms with Crippen LogP contribution in [0.15, 0.2) is 30.3 Å². The van der Waals surface area contributed by atoms with Gasteiger partial charge in [-0.3, -0.25) is 0 Å². The molecule has 0 aliphatic heterocycles. The molecule has 0 bridgehead atoms. The molecule has 1 rings (SSSR count). The zero-order valence-electron chi connectivity index (χ0n) is 12.7. The van der Waals surface area contributed by atoms with Crippen LogP contribution in [0.4, 0.5) is 0 Å². The minimum Gasteiger partial charge on any atom is -0.383 e. The van der Waals surface area contributed by atoms with Crippen LogP contribution in [0.25, 0.3) is 0 Å². The van der Waals surface area contributed by atoms with Crippen LogP contribution in [-0.2, 0) is 11.2 Å². The van der Waals surface area contributed by atoms with Gasteiger partial charge in [-0.1, -0.05) is 50.6 Å². The molecule has 19 heavy (non-hydrogen) atoms. The van der Waals surface area contributed by atoms with Gasteiger partial charge in [0.2, 0.25) is 0 Å². The summed E-state index contributed by atoms with van der Waals surface area (Å²) in [4.78, 5) is 0. The second-order valence-electron chi connectivity index (χ2n) is 5.50. The van der Waals surface area contributed by atoms with E-state index in [9.17, 15) is 0 Å². The Kier molecular flexibility index (Phi) is 8.52. The van der Waals surface area contributed by atoms with Crippen molar-refractivity contribution in [1.29, 1.82) is 0 Å². The van der Waals surface area contributed by atoms with Crippen LogP contribution in [-0.4, -0.2) is 26.8 Å². The maximum absolute atomic E-state index is 5.08. The molecule has 0 saturated heterocycles. The van der Waals surface area contributed by atoms with Crippen LogP contribution < -0.4 is 5.32 Å². The molecule has 1 aromatic carbocycles. The lowest BCUT2D eigenvalue weighted by Gasteiger charge is -2.21. The minimum atomic E-state index is 0.717. The first-order chi connectivity index (χ1) is 9.26. The van der Waals surface area contributed by atoms with Crippen molar-refractivity contribution < 1.29 is 4.74 Å². The number of nitrogens with one attached hydrogen (secondary N) is 1. The van der Waals surface area contributed by atoms with Crippen LogP contribution >= 0.6 is 0 Å². The Labute approximate surface area is 118 Å². The standard InChI is InChI=1S/C17H29NO/c1-4-15(2)12-17(14-18-10-11-19-3)13-16-8-6-5-7-9-16/h5-9,15,17-18H,4,10-14H2,1-3H3. The third-order valence-electron chi connectivity index (χ3n) is 3.72. The predicted molar refractivity (Wildman–Crippen MR) is 82.5 cm³/mol. The van der Waals surface area contributed by atoms with E-state index in [0.29, 0.717) is 5.92 Å². The van der Waals surface area contributed by atoms with Gasteiger partial charge in [-0.05, 0) is 36.8 Å². The average Bonchev–Trinajstić information content (AvgIpc) is 2.44. The highest BCUT2D eigenvalue weighted by Crippen LogP contribution is 2.19. The molecule has 0 aliphatic carbocycles. The number of methoxy groups -OCH3 is 1. The van der Waals surface area contributed by atoms with Crippen molar-refractivity contribution in [1.82, 2.24) is 5.32 Å². The maximum Gasteiger partial charge on any atom is 0.0587 e. The van der Waals surface area contributed by atoms with Gasteiger partial charge in [-0.25, -0.2) is 0 Å². The first kappa shape index (κ1) is 16.2. The SMILES string of the molecule is CCC(C)CC(CNCCOC)Cc1ccccc1. The summed E-state index contributed by atoms with van der Waals surface area (Å²) in [5, 5.41) is 3.51. The molecule has 0 heterocycles. The van der Waals surface area contributed by atoms with E-state index < -0.39 is 0 Å². The minimum absolute atomic E-state index is 0.717. The highest BCUT2D eigenvalue weighted by Gasteiger charge is 2.12. The third-order valence-corrected chi connectivity index (χ3v) is 3.72. The second kappa shape index (κ2) is 9.99. The maximum atomic E-state index is 5.08. The Morgan fingerprint density at radius 1 is 1.21 bits per heavy atom. The fraction of sp³-hybridized carbons (Fsp3) is 0.647. The van der Waals surface area contributed by atoms with E-state index in [1.54, 1.807) is 7.11 Å². The molecule has 2 unspecified atom stereocenters. The van der Waals surface area contributed by atoms with E-state index in [2.05, 4.69) is 49.5 Å². The summed E-state index contributed by atoms with van der Waals surface area (Å²) in [5.74, 6) is 1.52. The lowest BCUT2D eigenvalue weighted by atomic mass is 9.89. The third kappa shape index (κ3) is 7.34. The quantitative estimate of drug-likeness (QED) is 0.652. The van der Waals surface area contributed by atoms with Gasteiger partial charge >= 0.3 is 0 Å². The summed E-state index contributed by atoms with van der Waals surface area (Å²) in [6, 6.07) is 10.8.